The smallest absolute Gasteiger partial charge is 0.119 e. The molecule has 94 valence electrons. The molecule has 0 fully saturated rings. The minimum absolute atomic E-state index is 0.490. The first kappa shape index (κ1) is 12.4. The Morgan fingerprint density at radius 2 is 2.06 bits per heavy atom. The minimum atomic E-state index is 0.490. The number of aromatic hydroxyl groups is 1. The largest absolute Gasteiger partial charge is 0.508 e. The van der Waals surface area contributed by atoms with Crippen LogP contribution in [0.4, 0.5) is 0 Å². The summed E-state index contributed by atoms with van der Waals surface area (Å²) in [6, 6.07) is 5.95. The Kier molecular flexibility index (Phi) is 4.06. The quantitative estimate of drug-likeness (QED) is 0.864. The molecule has 2 rings (SSSR count). The molecule has 17 heavy (non-hydrogen) atoms. The van der Waals surface area contributed by atoms with Crippen LogP contribution in [0.3, 0.4) is 0 Å². The Balaban J connectivity index is 2.03. The van der Waals surface area contributed by atoms with E-state index in [-0.39, 0.29) is 0 Å². The molecule has 0 aromatic heterocycles. The van der Waals surface area contributed by atoms with Gasteiger partial charge in [0, 0.05) is 6.54 Å². The van der Waals surface area contributed by atoms with Gasteiger partial charge in [-0.2, -0.15) is 0 Å². The van der Waals surface area contributed by atoms with E-state index in [4.69, 9.17) is 0 Å². The van der Waals surface area contributed by atoms with E-state index in [0.717, 1.165) is 31.8 Å². The van der Waals surface area contributed by atoms with Gasteiger partial charge in [0.25, 0.3) is 0 Å². The van der Waals surface area contributed by atoms with Gasteiger partial charge < -0.3 is 10.0 Å². The van der Waals surface area contributed by atoms with Crippen LogP contribution in [-0.2, 0) is 12.8 Å². The van der Waals surface area contributed by atoms with Crippen LogP contribution in [0.1, 0.15) is 31.4 Å². The van der Waals surface area contributed by atoms with E-state index in [9.17, 15) is 5.11 Å². The van der Waals surface area contributed by atoms with Crippen LogP contribution in [0.15, 0.2) is 18.2 Å². The van der Waals surface area contributed by atoms with Crippen molar-refractivity contribution in [3.8, 4) is 5.75 Å². The Morgan fingerprint density at radius 1 is 1.29 bits per heavy atom. The van der Waals surface area contributed by atoms with Crippen molar-refractivity contribution in [3.63, 3.8) is 0 Å². The molecule has 0 saturated carbocycles. The maximum Gasteiger partial charge on any atom is 0.119 e. The van der Waals surface area contributed by atoms with Gasteiger partial charge in [-0.1, -0.05) is 26.0 Å². The zero-order valence-electron chi connectivity index (χ0n) is 10.9. The molecule has 0 saturated heterocycles. The number of rotatable bonds is 4. The molecule has 1 aliphatic rings. The van der Waals surface area contributed by atoms with Gasteiger partial charge in [0.15, 0.2) is 0 Å². The normalized spacial score (nSPS) is 19.4. The van der Waals surface area contributed by atoms with Crippen LogP contribution >= 0.6 is 0 Å². The number of hydrogen-bond donors (Lipinski definition) is 1. The molecule has 1 N–H and O–H groups in total. The maximum atomic E-state index is 9.81. The van der Waals surface area contributed by atoms with Gasteiger partial charge in [-0.3, -0.25) is 0 Å². The third kappa shape index (κ3) is 2.81. The fourth-order valence-electron chi connectivity index (χ4n) is 2.87. The fraction of sp³-hybridized carbons (Fsp3) is 0.600. The number of hydrogen-bond acceptors (Lipinski definition) is 2. The van der Waals surface area contributed by atoms with Gasteiger partial charge in [-0.05, 0) is 55.5 Å². The van der Waals surface area contributed by atoms with Crippen molar-refractivity contribution in [2.75, 3.05) is 19.6 Å². The molecule has 1 aromatic carbocycles. The molecular weight excluding hydrogens is 210 g/mol. The molecule has 1 unspecified atom stereocenters. The summed E-state index contributed by atoms with van der Waals surface area (Å²) in [7, 11) is 0. The summed E-state index contributed by atoms with van der Waals surface area (Å²) in [6.45, 7) is 7.93. The van der Waals surface area contributed by atoms with Crippen molar-refractivity contribution in [2.24, 2.45) is 5.92 Å². The zero-order chi connectivity index (χ0) is 12.3. The first-order valence-electron chi connectivity index (χ1n) is 6.76. The molecule has 1 atom stereocenters. The van der Waals surface area contributed by atoms with Gasteiger partial charge in [-0.25, -0.2) is 0 Å². The number of fused-ring (bicyclic) bond motifs is 1. The SMILES string of the molecule is CCN(CC)CC1CCc2c(O)cccc2C1. The van der Waals surface area contributed by atoms with Crippen molar-refractivity contribution < 1.29 is 5.11 Å². The van der Waals surface area contributed by atoms with Crippen molar-refractivity contribution in [1.29, 1.82) is 0 Å². The summed E-state index contributed by atoms with van der Waals surface area (Å²) in [5, 5.41) is 9.81. The summed E-state index contributed by atoms with van der Waals surface area (Å²) in [6.07, 6.45) is 3.37. The third-order valence-electron chi connectivity index (χ3n) is 3.97. The Hall–Kier alpha value is -1.02. The van der Waals surface area contributed by atoms with Crippen LogP contribution in [0, 0.1) is 5.92 Å². The summed E-state index contributed by atoms with van der Waals surface area (Å²) < 4.78 is 0. The van der Waals surface area contributed by atoms with Crippen LogP contribution in [0.2, 0.25) is 0 Å². The Labute approximate surface area is 104 Å². The molecule has 0 radical (unpaired) electrons. The van der Waals surface area contributed by atoms with Gasteiger partial charge in [0.05, 0.1) is 0 Å². The lowest BCUT2D eigenvalue weighted by atomic mass is 9.83. The van der Waals surface area contributed by atoms with Crippen molar-refractivity contribution in [1.82, 2.24) is 4.90 Å². The monoisotopic (exact) mass is 233 g/mol. The van der Waals surface area contributed by atoms with E-state index in [0.29, 0.717) is 5.75 Å². The van der Waals surface area contributed by atoms with E-state index in [2.05, 4.69) is 24.8 Å². The highest BCUT2D eigenvalue weighted by Crippen LogP contribution is 2.31. The fourth-order valence-corrected chi connectivity index (χ4v) is 2.87. The van der Waals surface area contributed by atoms with Crippen LogP contribution in [0.25, 0.3) is 0 Å². The summed E-state index contributed by atoms with van der Waals surface area (Å²) in [5.74, 6) is 1.24. The second kappa shape index (κ2) is 5.54. The van der Waals surface area contributed by atoms with Gasteiger partial charge in [0.1, 0.15) is 5.75 Å². The summed E-state index contributed by atoms with van der Waals surface area (Å²) in [4.78, 5) is 2.50. The van der Waals surface area contributed by atoms with Crippen LogP contribution < -0.4 is 0 Å². The maximum absolute atomic E-state index is 9.81. The van der Waals surface area contributed by atoms with Crippen LogP contribution in [-0.4, -0.2) is 29.6 Å². The van der Waals surface area contributed by atoms with Crippen LogP contribution in [0.5, 0.6) is 5.75 Å². The molecule has 1 aliphatic carbocycles. The number of phenolic OH excluding ortho intramolecular Hbond substituents is 1. The highest BCUT2D eigenvalue weighted by Gasteiger charge is 2.21. The first-order valence-corrected chi connectivity index (χ1v) is 6.76. The lowest BCUT2D eigenvalue weighted by molar-refractivity contribution is 0.238. The molecule has 0 spiro atoms. The van der Waals surface area contributed by atoms with E-state index in [1.807, 2.05) is 12.1 Å². The molecule has 0 amide bonds. The third-order valence-corrected chi connectivity index (χ3v) is 3.97. The molecule has 0 bridgehead atoms. The lowest BCUT2D eigenvalue weighted by Gasteiger charge is -2.29. The first-order chi connectivity index (χ1) is 8.24. The molecular formula is C15H23NO. The average molecular weight is 233 g/mol. The Bertz CT molecular complexity index is 371. The molecule has 2 heteroatoms. The molecule has 2 nitrogen and oxygen atoms in total. The zero-order valence-corrected chi connectivity index (χ0v) is 10.9. The van der Waals surface area contributed by atoms with Gasteiger partial charge >= 0.3 is 0 Å². The predicted octanol–water partition coefficient (Wildman–Crippen LogP) is 2.84. The van der Waals surface area contributed by atoms with E-state index in [1.165, 1.54) is 24.1 Å². The van der Waals surface area contributed by atoms with E-state index < -0.39 is 0 Å². The lowest BCUT2D eigenvalue weighted by Crippen LogP contribution is -2.32. The Morgan fingerprint density at radius 3 is 2.76 bits per heavy atom. The molecule has 0 heterocycles. The highest BCUT2D eigenvalue weighted by molar-refractivity contribution is 5.40. The van der Waals surface area contributed by atoms with Gasteiger partial charge in [0.2, 0.25) is 0 Å². The summed E-state index contributed by atoms with van der Waals surface area (Å²) >= 11 is 0. The number of nitrogens with zero attached hydrogens (tertiary/aromatic N) is 1. The number of benzene rings is 1. The standard InChI is InChI=1S/C15H23NO/c1-3-16(4-2)11-12-8-9-14-13(10-12)6-5-7-15(14)17/h5-7,12,17H,3-4,8-11H2,1-2H3. The van der Waals surface area contributed by atoms with Crippen molar-refractivity contribution in [2.45, 2.75) is 33.1 Å². The molecule has 1 aromatic rings. The predicted molar refractivity (Wildman–Crippen MR) is 71.4 cm³/mol. The van der Waals surface area contributed by atoms with Gasteiger partial charge in [-0.15, -0.1) is 0 Å². The summed E-state index contributed by atoms with van der Waals surface area (Å²) in [5.41, 5.74) is 2.54. The van der Waals surface area contributed by atoms with Crippen molar-refractivity contribution in [3.05, 3.63) is 29.3 Å². The van der Waals surface area contributed by atoms with E-state index in [1.54, 1.807) is 0 Å². The second-order valence-corrected chi connectivity index (χ2v) is 5.01. The van der Waals surface area contributed by atoms with E-state index >= 15 is 0 Å². The van der Waals surface area contributed by atoms with Crippen molar-refractivity contribution >= 4 is 0 Å². The second-order valence-electron chi connectivity index (χ2n) is 5.01. The topological polar surface area (TPSA) is 23.5 Å². The minimum Gasteiger partial charge on any atom is -0.508 e. The average Bonchev–Trinajstić information content (AvgIpc) is 2.36. The number of phenols is 1. The highest BCUT2D eigenvalue weighted by atomic mass is 16.3. The molecule has 0 aliphatic heterocycles.